The molecule has 176 valence electrons. The fraction of sp³-hybridized carbons (Fsp3) is 0.762. The van der Waals surface area contributed by atoms with E-state index in [-0.39, 0.29) is 41.5 Å². The molecule has 11 nitrogen and oxygen atoms in total. The molecule has 0 spiro atoms. The number of hydrogen-bond donors (Lipinski definition) is 2. The first kappa shape index (κ1) is 22.7. The zero-order valence-electron chi connectivity index (χ0n) is 18.5. The van der Waals surface area contributed by atoms with Gasteiger partial charge < -0.3 is 25.0 Å². The molecule has 0 radical (unpaired) electrons. The number of morpholine rings is 1. The molecule has 3 aliphatic rings. The highest BCUT2D eigenvalue weighted by Gasteiger charge is 2.31. The molecule has 2 aliphatic heterocycles. The van der Waals surface area contributed by atoms with Crippen LogP contribution in [-0.2, 0) is 14.3 Å². The van der Waals surface area contributed by atoms with Crippen molar-refractivity contribution in [1.29, 1.82) is 0 Å². The second-order valence-corrected chi connectivity index (χ2v) is 8.86. The minimum Gasteiger partial charge on any atom is -0.378 e. The molecule has 1 saturated carbocycles. The molecule has 0 aromatic carbocycles. The van der Waals surface area contributed by atoms with Gasteiger partial charge >= 0.3 is 5.69 Å². The van der Waals surface area contributed by atoms with Gasteiger partial charge in [-0.25, -0.2) is 4.98 Å². The number of anilines is 2. The Kier molecular flexibility index (Phi) is 7.36. The first-order valence-electron chi connectivity index (χ1n) is 11.5. The average molecular weight is 449 g/mol. The van der Waals surface area contributed by atoms with Crippen LogP contribution >= 0.6 is 0 Å². The topological polar surface area (TPSA) is 132 Å². The van der Waals surface area contributed by atoms with Crippen LogP contribution in [0.5, 0.6) is 0 Å². The van der Waals surface area contributed by atoms with E-state index in [0.717, 1.165) is 38.5 Å². The van der Waals surface area contributed by atoms with Gasteiger partial charge in [-0.05, 0) is 45.4 Å². The molecule has 11 heteroatoms. The Morgan fingerprint density at radius 2 is 1.88 bits per heavy atom. The highest BCUT2D eigenvalue weighted by Crippen LogP contribution is 2.31. The third kappa shape index (κ3) is 5.63. The van der Waals surface area contributed by atoms with Crippen LogP contribution in [0.2, 0.25) is 0 Å². The number of hydrogen-bond acceptors (Lipinski definition) is 9. The average Bonchev–Trinajstić information content (AvgIpc) is 2.80. The van der Waals surface area contributed by atoms with Crippen molar-refractivity contribution in [2.24, 2.45) is 5.92 Å². The second-order valence-electron chi connectivity index (χ2n) is 8.86. The number of nitrogens with one attached hydrogen (secondary N) is 2. The van der Waals surface area contributed by atoms with Crippen molar-refractivity contribution in [3.8, 4) is 0 Å². The van der Waals surface area contributed by atoms with E-state index in [9.17, 15) is 14.9 Å². The van der Waals surface area contributed by atoms with Gasteiger partial charge in [0, 0.05) is 37.7 Å². The normalized spacial score (nSPS) is 28.7. The van der Waals surface area contributed by atoms with Crippen molar-refractivity contribution in [2.75, 3.05) is 43.5 Å². The monoisotopic (exact) mass is 448 g/mol. The maximum Gasteiger partial charge on any atom is 0.329 e. The number of ether oxygens (including phenoxy) is 2. The van der Waals surface area contributed by atoms with Crippen molar-refractivity contribution in [3.63, 3.8) is 0 Å². The summed E-state index contributed by atoms with van der Waals surface area (Å²) in [4.78, 5) is 34.3. The Morgan fingerprint density at radius 1 is 1.12 bits per heavy atom. The Labute approximate surface area is 187 Å². The molecule has 0 unspecified atom stereocenters. The molecule has 32 heavy (non-hydrogen) atoms. The van der Waals surface area contributed by atoms with Gasteiger partial charge in [-0.2, -0.15) is 4.98 Å². The number of nitrogens with zero attached hydrogens (tertiary/aromatic N) is 4. The molecule has 2 saturated heterocycles. The van der Waals surface area contributed by atoms with E-state index >= 15 is 0 Å². The summed E-state index contributed by atoms with van der Waals surface area (Å²) in [5.74, 6) is 0.833. The zero-order chi connectivity index (χ0) is 22.5. The van der Waals surface area contributed by atoms with Gasteiger partial charge in [0.1, 0.15) is 6.20 Å². The molecule has 4 rings (SSSR count). The summed E-state index contributed by atoms with van der Waals surface area (Å²) < 4.78 is 10.9. The van der Waals surface area contributed by atoms with E-state index < -0.39 is 4.92 Å². The molecule has 1 aliphatic carbocycles. The van der Waals surface area contributed by atoms with Gasteiger partial charge in [0.2, 0.25) is 17.7 Å². The van der Waals surface area contributed by atoms with Crippen molar-refractivity contribution < 1.29 is 19.2 Å². The van der Waals surface area contributed by atoms with Gasteiger partial charge in [0.15, 0.2) is 0 Å². The lowest BCUT2D eigenvalue weighted by Crippen LogP contribution is -2.45. The summed E-state index contributed by atoms with van der Waals surface area (Å²) in [7, 11) is 0. The van der Waals surface area contributed by atoms with Crippen molar-refractivity contribution >= 4 is 23.4 Å². The maximum absolute atomic E-state index is 12.7. The van der Waals surface area contributed by atoms with Crippen LogP contribution in [0.1, 0.15) is 45.4 Å². The second kappa shape index (κ2) is 10.4. The molecule has 1 aromatic rings. The predicted octanol–water partition coefficient (Wildman–Crippen LogP) is 2.19. The van der Waals surface area contributed by atoms with Gasteiger partial charge in [-0.15, -0.1) is 0 Å². The van der Waals surface area contributed by atoms with E-state index in [4.69, 9.17) is 9.47 Å². The first-order valence-corrected chi connectivity index (χ1v) is 11.5. The van der Waals surface area contributed by atoms with Crippen molar-refractivity contribution in [3.05, 3.63) is 16.3 Å². The molecular formula is C21H32N6O5. The maximum atomic E-state index is 12.7. The third-order valence-corrected chi connectivity index (χ3v) is 6.52. The predicted molar refractivity (Wildman–Crippen MR) is 118 cm³/mol. The largest absolute Gasteiger partial charge is 0.378 e. The quantitative estimate of drug-likeness (QED) is 0.496. The standard InChI is InChI=1S/C21H32N6O5/c1-14-12-17(6-9-32-14)24-21-22-13-18(27(29)30)19(25-21)23-16-4-2-15(3-5-16)20(28)26-7-10-31-11-8-26/h13-17H,2-12H2,1H3,(H2,22,23,24,25)/t14-,15?,16?,17-/m0/s1. The fourth-order valence-corrected chi connectivity index (χ4v) is 4.72. The van der Waals surface area contributed by atoms with Gasteiger partial charge in [-0.1, -0.05) is 0 Å². The molecule has 2 atom stereocenters. The SMILES string of the molecule is C[C@H]1C[C@@H](Nc2ncc([N+](=O)[O-])c(NC3CCC(C(=O)N4CCOCC4)CC3)n2)CCO1. The summed E-state index contributed by atoms with van der Waals surface area (Å²) in [5, 5.41) is 18.1. The Morgan fingerprint density at radius 3 is 2.56 bits per heavy atom. The lowest BCUT2D eigenvalue weighted by molar-refractivity contribution is -0.384. The van der Waals surface area contributed by atoms with Gasteiger partial charge in [-0.3, -0.25) is 14.9 Å². The van der Waals surface area contributed by atoms with E-state index in [0.29, 0.717) is 38.9 Å². The van der Waals surface area contributed by atoms with Crippen LogP contribution in [0.25, 0.3) is 0 Å². The van der Waals surface area contributed by atoms with E-state index in [1.54, 1.807) is 0 Å². The van der Waals surface area contributed by atoms with Crippen LogP contribution < -0.4 is 10.6 Å². The molecule has 3 heterocycles. The van der Waals surface area contributed by atoms with Crippen molar-refractivity contribution in [2.45, 2.75) is 63.6 Å². The molecule has 1 amide bonds. The van der Waals surface area contributed by atoms with Crippen LogP contribution in [0.3, 0.4) is 0 Å². The van der Waals surface area contributed by atoms with E-state index in [1.165, 1.54) is 6.20 Å². The zero-order valence-corrected chi connectivity index (χ0v) is 18.5. The lowest BCUT2D eigenvalue weighted by Gasteiger charge is -2.34. The Bertz CT molecular complexity index is 810. The Hall–Kier alpha value is -2.53. The van der Waals surface area contributed by atoms with Crippen LogP contribution in [0.4, 0.5) is 17.5 Å². The molecule has 3 fully saturated rings. The number of rotatable bonds is 6. The summed E-state index contributed by atoms with van der Waals surface area (Å²) in [6.45, 7) is 5.21. The summed E-state index contributed by atoms with van der Waals surface area (Å²) in [6.07, 6.45) is 6.15. The number of aromatic nitrogens is 2. The number of carbonyl (C=O) groups excluding carboxylic acids is 1. The third-order valence-electron chi connectivity index (χ3n) is 6.52. The molecule has 0 bridgehead atoms. The highest BCUT2D eigenvalue weighted by atomic mass is 16.6. The number of carbonyl (C=O) groups is 1. The van der Waals surface area contributed by atoms with E-state index in [2.05, 4.69) is 20.6 Å². The molecule has 1 aromatic heterocycles. The first-order chi connectivity index (χ1) is 15.5. The van der Waals surface area contributed by atoms with Crippen LogP contribution in [0.15, 0.2) is 6.20 Å². The minimum absolute atomic E-state index is 0.0132. The highest BCUT2D eigenvalue weighted by molar-refractivity contribution is 5.79. The van der Waals surface area contributed by atoms with Gasteiger partial charge in [0.25, 0.3) is 0 Å². The molecular weight excluding hydrogens is 416 g/mol. The van der Waals surface area contributed by atoms with E-state index in [1.807, 2.05) is 11.8 Å². The van der Waals surface area contributed by atoms with Crippen LogP contribution in [0, 0.1) is 16.0 Å². The molecule has 2 N–H and O–H groups in total. The van der Waals surface area contributed by atoms with Crippen molar-refractivity contribution in [1.82, 2.24) is 14.9 Å². The summed E-state index contributed by atoms with van der Waals surface area (Å²) in [6, 6.07) is 0.211. The minimum atomic E-state index is -0.462. The Balaban J connectivity index is 1.36. The summed E-state index contributed by atoms with van der Waals surface area (Å²) >= 11 is 0. The number of nitro groups is 1. The van der Waals surface area contributed by atoms with Crippen LogP contribution in [-0.4, -0.2) is 76.8 Å². The number of amides is 1. The lowest BCUT2D eigenvalue weighted by atomic mass is 9.85. The smallest absolute Gasteiger partial charge is 0.329 e. The fourth-order valence-electron chi connectivity index (χ4n) is 4.72. The summed E-state index contributed by atoms with van der Waals surface area (Å²) in [5.41, 5.74) is -0.137. The van der Waals surface area contributed by atoms with Gasteiger partial charge in [0.05, 0.1) is 24.2 Å².